The van der Waals surface area contributed by atoms with Gasteiger partial charge in [0.05, 0.1) is 17.0 Å². The minimum absolute atomic E-state index is 0.151. The van der Waals surface area contributed by atoms with Gasteiger partial charge in [-0.2, -0.15) is 0 Å². The van der Waals surface area contributed by atoms with Crippen molar-refractivity contribution < 1.29 is 4.79 Å². The van der Waals surface area contributed by atoms with Gasteiger partial charge in [0.15, 0.2) is 0 Å². The van der Waals surface area contributed by atoms with Crippen LogP contribution >= 0.6 is 0 Å². The van der Waals surface area contributed by atoms with Gasteiger partial charge in [-0.25, -0.2) is 0 Å². The topological polar surface area (TPSA) is 83.0 Å². The molecule has 2 N–H and O–H groups in total. The Morgan fingerprint density at radius 2 is 1.97 bits per heavy atom. The van der Waals surface area contributed by atoms with Crippen LogP contribution in [0.3, 0.4) is 0 Å². The predicted octanol–water partition coefficient (Wildman–Crippen LogP) is 3.19. The molecule has 0 bridgehead atoms. The summed E-state index contributed by atoms with van der Waals surface area (Å²) < 4.78 is 0. The number of benzene rings is 1. The van der Waals surface area contributed by atoms with Crippen LogP contribution in [0.25, 0.3) is 0 Å². The molecule has 1 fully saturated rings. The smallest absolute Gasteiger partial charge is 0.257 e. The Hall–Kier alpha value is -3.32. The van der Waals surface area contributed by atoms with Gasteiger partial charge < -0.3 is 15.5 Å². The number of carbonyl (C=O) groups excluding carboxylic acids is 1. The predicted molar refractivity (Wildman–Crippen MR) is 117 cm³/mol. The molecule has 3 aromatic rings. The number of piperidine rings is 1. The largest absolute Gasteiger partial charge is 0.371 e. The number of nitrogens with zero attached hydrogens (tertiary/aromatic N) is 4. The van der Waals surface area contributed by atoms with Gasteiger partial charge in [-0.05, 0) is 50.1 Å². The standard InChI is InChI=1S/C23H26N6O/c1-17-13-26-21(15-25-17)16-27-19-7-10-29(11-8-19)22-6-2-5-20(12-22)28-23(30)18-4-3-9-24-14-18/h2-6,9,12-15,19,27H,7-8,10-11,16H2,1H3,(H,28,30). The average Bonchev–Trinajstić information content (AvgIpc) is 2.80. The van der Waals surface area contributed by atoms with E-state index >= 15 is 0 Å². The molecule has 2 aromatic heterocycles. The SMILES string of the molecule is Cc1cnc(CNC2CCN(c3cccc(NC(=O)c4cccnc4)c3)CC2)cn1. The first-order chi connectivity index (χ1) is 14.7. The Labute approximate surface area is 176 Å². The minimum Gasteiger partial charge on any atom is -0.371 e. The van der Waals surface area contributed by atoms with Crippen LogP contribution in [0.15, 0.2) is 61.2 Å². The van der Waals surface area contributed by atoms with Gasteiger partial charge in [0.2, 0.25) is 0 Å². The first-order valence-electron chi connectivity index (χ1n) is 10.2. The minimum atomic E-state index is -0.151. The van der Waals surface area contributed by atoms with Crippen molar-refractivity contribution in [2.45, 2.75) is 32.4 Å². The number of pyridine rings is 1. The summed E-state index contributed by atoms with van der Waals surface area (Å²) in [7, 11) is 0. The molecule has 0 atom stereocenters. The maximum absolute atomic E-state index is 12.4. The normalized spacial score (nSPS) is 14.5. The van der Waals surface area contributed by atoms with E-state index in [9.17, 15) is 4.79 Å². The molecule has 0 saturated carbocycles. The molecule has 7 nitrogen and oxygen atoms in total. The van der Waals surface area contributed by atoms with Gasteiger partial charge in [0.1, 0.15) is 0 Å². The maximum atomic E-state index is 12.4. The highest BCUT2D eigenvalue weighted by Gasteiger charge is 2.19. The number of hydrogen-bond donors (Lipinski definition) is 2. The van der Waals surface area contributed by atoms with E-state index < -0.39 is 0 Å². The van der Waals surface area contributed by atoms with Crippen LogP contribution in [0.5, 0.6) is 0 Å². The van der Waals surface area contributed by atoms with Crippen LogP contribution in [0.2, 0.25) is 0 Å². The lowest BCUT2D eigenvalue weighted by Crippen LogP contribution is -2.42. The van der Waals surface area contributed by atoms with Crippen molar-refractivity contribution in [1.82, 2.24) is 20.3 Å². The number of carbonyl (C=O) groups is 1. The van der Waals surface area contributed by atoms with Gasteiger partial charge in [0.25, 0.3) is 5.91 Å². The molecule has 0 aliphatic carbocycles. The van der Waals surface area contributed by atoms with Crippen molar-refractivity contribution in [2.24, 2.45) is 0 Å². The fourth-order valence-corrected chi connectivity index (χ4v) is 3.58. The van der Waals surface area contributed by atoms with E-state index in [-0.39, 0.29) is 5.91 Å². The van der Waals surface area contributed by atoms with Crippen molar-refractivity contribution in [1.29, 1.82) is 0 Å². The van der Waals surface area contributed by atoms with E-state index in [0.29, 0.717) is 11.6 Å². The average molecular weight is 403 g/mol. The second kappa shape index (κ2) is 9.45. The molecule has 0 unspecified atom stereocenters. The Balaban J connectivity index is 1.29. The molecule has 1 aliphatic heterocycles. The van der Waals surface area contributed by atoms with Gasteiger partial charge in [0, 0.05) is 61.8 Å². The summed E-state index contributed by atoms with van der Waals surface area (Å²) in [6.45, 7) is 4.63. The number of rotatable bonds is 6. The lowest BCUT2D eigenvalue weighted by atomic mass is 10.0. The highest BCUT2D eigenvalue weighted by molar-refractivity contribution is 6.04. The van der Waals surface area contributed by atoms with E-state index in [1.165, 1.54) is 0 Å². The number of amides is 1. The summed E-state index contributed by atoms with van der Waals surface area (Å²) in [4.78, 5) is 27.4. The van der Waals surface area contributed by atoms with E-state index in [4.69, 9.17) is 0 Å². The molecule has 1 amide bonds. The molecule has 3 heterocycles. The van der Waals surface area contributed by atoms with Gasteiger partial charge >= 0.3 is 0 Å². The zero-order valence-electron chi connectivity index (χ0n) is 17.1. The molecule has 0 radical (unpaired) electrons. The van der Waals surface area contributed by atoms with Crippen LogP contribution in [0, 0.1) is 6.92 Å². The number of aromatic nitrogens is 3. The number of nitrogens with one attached hydrogen (secondary N) is 2. The summed E-state index contributed by atoms with van der Waals surface area (Å²) in [5, 5.41) is 6.55. The molecule has 0 spiro atoms. The Bertz CT molecular complexity index is 968. The molecular formula is C23H26N6O. The van der Waals surface area contributed by atoms with Crippen molar-refractivity contribution in [2.75, 3.05) is 23.3 Å². The van der Waals surface area contributed by atoms with Gasteiger partial charge in [-0.1, -0.05) is 6.07 Å². The number of aryl methyl sites for hydroxylation is 1. The van der Waals surface area contributed by atoms with E-state index in [0.717, 1.165) is 55.2 Å². The highest BCUT2D eigenvalue weighted by atomic mass is 16.1. The summed E-state index contributed by atoms with van der Waals surface area (Å²) in [5.41, 5.74) is 4.38. The first kappa shape index (κ1) is 20.0. The second-order valence-corrected chi connectivity index (χ2v) is 7.54. The second-order valence-electron chi connectivity index (χ2n) is 7.54. The third-order valence-corrected chi connectivity index (χ3v) is 5.29. The molecule has 1 aromatic carbocycles. The van der Waals surface area contributed by atoms with Crippen molar-refractivity contribution >= 4 is 17.3 Å². The zero-order valence-corrected chi connectivity index (χ0v) is 17.1. The highest BCUT2D eigenvalue weighted by Crippen LogP contribution is 2.23. The third kappa shape index (κ3) is 5.18. The van der Waals surface area contributed by atoms with Gasteiger partial charge in [-0.3, -0.25) is 19.7 Å². The van der Waals surface area contributed by atoms with Crippen LogP contribution in [-0.4, -0.2) is 40.0 Å². The van der Waals surface area contributed by atoms with Crippen LogP contribution in [-0.2, 0) is 6.54 Å². The number of anilines is 2. The van der Waals surface area contributed by atoms with Crippen molar-refractivity contribution in [3.8, 4) is 0 Å². The van der Waals surface area contributed by atoms with E-state index in [1.807, 2.05) is 31.3 Å². The summed E-state index contributed by atoms with van der Waals surface area (Å²) in [5.74, 6) is -0.151. The van der Waals surface area contributed by atoms with Crippen LogP contribution < -0.4 is 15.5 Å². The molecule has 154 valence electrons. The fourth-order valence-electron chi connectivity index (χ4n) is 3.58. The molecular weight excluding hydrogens is 376 g/mol. The van der Waals surface area contributed by atoms with Crippen molar-refractivity contribution in [3.05, 3.63) is 78.1 Å². The third-order valence-electron chi connectivity index (χ3n) is 5.29. The molecule has 1 aliphatic rings. The number of hydrogen-bond acceptors (Lipinski definition) is 6. The monoisotopic (exact) mass is 402 g/mol. The van der Waals surface area contributed by atoms with E-state index in [2.05, 4.69) is 36.6 Å². The molecule has 1 saturated heterocycles. The summed E-state index contributed by atoms with van der Waals surface area (Å²) in [6, 6.07) is 12.0. The quantitative estimate of drug-likeness (QED) is 0.659. The van der Waals surface area contributed by atoms with E-state index in [1.54, 1.807) is 30.7 Å². The van der Waals surface area contributed by atoms with Gasteiger partial charge in [-0.15, -0.1) is 0 Å². The van der Waals surface area contributed by atoms with Crippen LogP contribution in [0.4, 0.5) is 11.4 Å². The van der Waals surface area contributed by atoms with Crippen molar-refractivity contribution in [3.63, 3.8) is 0 Å². The zero-order chi connectivity index (χ0) is 20.8. The summed E-state index contributed by atoms with van der Waals surface area (Å²) >= 11 is 0. The lowest BCUT2D eigenvalue weighted by molar-refractivity contribution is 0.102. The Morgan fingerprint density at radius 1 is 1.10 bits per heavy atom. The fraction of sp³-hybridized carbons (Fsp3) is 0.304. The first-order valence-corrected chi connectivity index (χ1v) is 10.2. The summed E-state index contributed by atoms with van der Waals surface area (Å²) in [6.07, 6.45) is 8.99. The molecule has 30 heavy (non-hydrogen) atoms. The lowest BCUT2D eigenvalue weighted by Gasteiger charge is -2.34. The Morgan fingerprint density at radius 3 is 2.70 bits per heavy atom. The molecule has 4 rings (SSSR count). The Kier molecular flexibility index (Phi) is 6.29. The van der Waals surface area contributed by atoms with Crippen LogP contribution in [0.1, 0.15) is 34.6 Å². The molecule has 7 heteroatoms. The maximum Gasteiger partial charge on any atom is 0.257 e.